The van der Waals surface area contributed by atoms with E-state index in [9.17, 15) is 19.2 Å². The summed E-state index contributed by atoms with van der Waals surface area (Å²) >= 11 is 6.06. The maximum absolute atomic E-state index is 11.2. The highest BCUT2D eigenvalue weighted by molar-refractivity contribution is 6.33. The number of hydrogen-bond acceptors (Lipinski definition) is 16. The molecule has 0 saturated heterocycles. The molecule has 2 aliphatic rings. The fourth-order valence-corrected chi connectivity index (χ4v) is 6.39. The average Bonchev–Trinajstić information content (AvgIpc) is 3.60. The molecule has 18 nitrogen and oxygen atoms in total. The van der Waals surface area contributed by atoms with E-state index >= 15 is 0 Å². The number of carbonyl (C=O) groups is 4. The molecule has 2 saturated carbocycles. The van der Waals surface area contributed by atoms with Crippen molar-refractivity contribution in [3.8, 4) is 0 Å². The number of nitrogens with zero attached hydrogens (tertiary/aromatic N) is 8. The van der Waals surface area contributed by atoms with E-state index < -0.39 is 0 Å². The number of fused-ring (bicyclic) bond motifs is 2. The number of hydrogen-bond donors (Lipinski definition) is 2. The van der Waals surface area contributed by atoms with Crippen molar-refractivity contribution >= 4 is 69.7 Å². The van der Waals surface area contributed by atoms with Crippen LogP contribution < -0.4 is 11.5 Å². The zero-order valence-corrected chi connectivity index (χ0v) is 28.1. The topological polar surface area (TPSA) is 244 Å². The Labute approximate surface area is 284 Å². The van der Waals surface area contributed by atoms with E-state index in [1.807, 2.05) is 9.13 Å². The van der Waals surface area contributed by atoms with Gasteiger partial charge in [-0.1, -0.05) is 11.6 Å². The molecular weight excluding hydrogens is 664 g/mol. The summed E-state index contributed by atoms with van der Waals surface area (Å²) in [4.78, 5) is 69.2. The standard InChI is InChI=1S/C15H18ClN5O4.C15H19N5O4/c1-7(22)24-4-9-3-11(10(9)5-25-8(2)23)21-6-18-12-13(16)19-15(17)20-14(12)21;1-8(21)23-5-10-3-13(11(10)6-24-9(2)22)20-7-18-12-4-17-15(16)19-14(12)20/h6,9-11H,3-5H2,1-2H3,(H2,17,19,20);4,7,10-11,13H,3,5-6H2,1-2H3,(H2,16,17,19)/t9-,10-,11-;10-,11-,13-/m11/s1. The van der Waals surface area contributed by atoms with Gasteiger partial charge in [0.05, 0.1) is 45.3 Å². The van der Waals surface area contributed by atoms with Crippen LogP contribution in [0.2, 0.25) is 5.15 Å². The highest BCUT2D eigenvalue weighted by Gasteiger charge is 2.45. The zero-order chi connectivity index (χ0) is 35.4. The molecule has 49 heavy (non-hydrogen) atoms. The first-order valence-electron chi connectivity index (χ1n) is 15.5. The minimum absolute atomic E-state index is 0.0156. The third kappa shape index (κ3) is 8.13. The number of esters is 4. The van der Waals surface area contributed by atoms with Crippen LogP contribution in [0.15, 0.2) is 18.9 Å². The van der Waals surface area contributed by atoms with Gasteiger partial charge in [0.25, 0.3) is 0 Å². The molecule has 4 N–H and O–H groups in total. The van der Waals surface area contributed by atoms with Gasteiger partial charge in [-0.05, 0) is 12.8 Å². The molecule has 0 amide bonds. The van der Waals surface area contributed by atoms with E-state index in [0.717, 1.165) is 12.8 Å². The Morgan fingerprint density at radius 3 is 1.69 bits per heavy atom. The number of halogens is 1. The van der Waals surface area contributed by atoms with E-state index in [2.05, 4.69) is 29.9 Å². The zero-order valence-electron chi connectivity index (χ0n) is 27.3. The Bertz CT molecular complexity index is 1860. The van der Waals surface area contributed by atoms with Gasteiger partial charge in [0.1, 0.15) is 11.0 Å². The van der Waals surface area contributed by atoms with Gasteiger partial charge in [0.15, 0.2) is 16.4 Å². The van der Waals surface area contributed by atoms with Crippen LogP contribution in [0, 0.1) is 23.7 Å². The van der Waals surface area contributed by atoms with Crippen molar-refractivity contribution in [2.24, 2.45) is 23.7 Å². The van der Waals surface area contributed by atoms with Crippen LogP contribution in [0.1, 0.15) is 52.6 Å². The van der Waals surface area contributed by atoms with Gasteiger partial charge < -0.3 is 39.5 Å². The fourth-order valence-electron chi connectivity index (χ4n) is 6.17. The number of nitrogens with two attached hydrogens (primary N) is 2. The lowest BCUT2D eigenvalue weighted by molar-refractivity contribution is -0.152. The maximum atomic E-state index is 11.2. The molecule has 6 rings (SSSR count). The largest absolute Gasteiger partial charge is 0.466 e. The second kappa shape index (κ2) is 15.0. The SMILES string of the molecule is CC(=O)OC[C@H]1C[C@@H](n2cnc3c(Cl)nc(N)nc32)[C@@H]1COC(C)=O.CC(=O)OC[C@H]1C[C@@H](n2cnc3cnc(N)nc32)[C@@H]1COC(C)=O. The molecule has 0 aromatic carbocycles. The summed E-state index contributed by atoms with van der Waals surface area (Å²) in [5.41, 5.74) is 13.6. The second-order valence-corrected chi connectivity index (χ2v) is 12.3. The van der Waals surface area contributed by atoms with Gasteiger partial charge in [-0.2, -0.15) is 15.0 Å². The van der Waals surface area contributed by atoms with E-state index in [1.165, 1.54) is 27.7 Å². The molecule has 19 heteroatoms. The Morgan fingerprint density at radius 1 is 0.694 bits per heavy atom. The maximum Gasteiger partial charge on any atom is 0.302 e. The summed E-state index contributed by atoms with van der Waals surface area (Å²) in [6.45, 7) is 6.53. The summed E-state index contributed by atoms with van der Waals surface area (Å²) in [6.07, 6.45) is 6.38. The molecule has 262 valence electrons. The Morgan fingerprint density at radius 2 is 1.16 bits per heavy atom. The Kier molecular flexibility index (Phi) is 10.7. The molecule has 0 aliphatic heterocycles. The van der Waals surface area contributed by atoms with Crippen molar-refractivity contribution in [3.05, 3.63) is 24.0 Å². The van der Waals surface area contributed by atoms with E-state index in [-0.39, 0.29) is 96.5 Å². The highest BCUT2D eigenvalue weighted by atomic mass is 35.5. The average molecular weight is 701 g/mol. The van der Waals surface area contributed by atoms with Gasteiger partial charge >= 0.3 is 23.9 Å². The number of carbonyl (C=O) groups excluding carboxylic acids is 4. The number of ether oxygens (including phenoxy) is 4. The second-order valence-electron chi connectivity index (χ2n) is 11.9. The van der Waals surface area contributed by atoms with Crippen molar-refractivity contribution in [1.82, 2.24) is 39.0 Å². The Hall–Kier alpha value is -5.13. The molecule has 0 spiro atoms. The molecule has 2 aliphatic carbocycles. The van der Waals surface area contributed by atoms with Crippen molar-refractivity contribution < 1.29 is 38.1 Å². The summed E-state index contributed by atoms with van der Waals surface area (Å²) in [7, 11) is 0. The summed E-state index contributed by atoms with van der Waals surface area (Å²) in [5, 5.41) is 0.188. The fraction of sp³-hybridized carbons (Fsp3) is 0.533. The minimum atomic E-state index is -0.359. The van der Waals surface area contributed by atoms with E-state index in [0.29, 0.717) is 28.9 Å². The van der Waals surface area contributed by atoms with Crippen molar-refractivity contribution in [2.75, 3.05) is 37.9 Å². The van der Waals surface area contributed by atoms with Crippen LogP contribution in [0.3, 0.4) is 0 Å². The molecule has 4 heterocycles. The van der Waals surface area contributed by atoms with Crippen LogP contribution >= 0.6 is 11.6 Å². The van der Waals surface area contributed by atoms with Crippen LogP contribution in [0.4, 0.5) is 11.9 Å². The van der Waals surface area contributed by atoms with Crippen LogP contribution in [0.5, 0.6) is 0 Å². The van der Waals surface area contributed by atoms with Crippen molar-refractivity contribution in [2.45, 2.75) is 52.6 Å². The van der Waals surface area contributed by atoms with Crippen LogP contribution in [-0.2, 0) is 38.1 Å². The first kappa shape index (κ1) is 35.2. The van der Waals surface area contributed by atoms with Crippen molar-refractivity contribution in [3.63, 3.8) is 0 Å². The normalized spacial score (nSPS) is 22.6. The lowest BCUT2D eigenvalue weighted by Crippen LogP contribution is -2.44. The summed E-state index contributed by atoms with van der Waals surface area (Å²) < 4.78 is 24.3. The summed E-state index contributed by atoms with van der Waals surface area (Å²) in [6, 6.07) is 0.0273. The van der Waals surface area contributed by atoms with Gasteiger partial charge in [0, 0.05) is 63.5 Å². The van der Waals surface area contributed by atoms with Gasteiger partial charge in [-0.3, -0.25) is 19.2 Å². The lowest BCUT2D eigenvalue weighted by atomic mass is 9.69. The first-order valence-corrected chi connectivity index (χ1v) is 15.8. The molecule has 0 bridgehead atoms. The van der Waals surface area contributed by atoms with E-state index in [4.69, 9.17) is 42.0 Å². The molecular formula is C30H37ClN10O8. The number of anilines is 2. The van der Waals surface area contributed by atoms with Crippen LogP contribution in [-0.4, -0.2) is 89.3 Å². The number of rotatable bonds is 10. The quantitative estimate of drug-likeness (QED) is 0.137. The number of aromatic nitrogens is 8. The lowest BCUT2D eigenvalue weighted by Gasteiger charge is -2.44. The van der Waals surface area contributed by atoms with E-state index in [1.54, 1.807) is 18.9 Å². The van der Waals surface area contributed by atoms with Gasteiger partial charge in [-0.15, -0.1) is 0 Å². The van der Waals surface area contributed by atoms with Gasteiger partial charge in [-0.25, -0.2) is 15.0 Å². The molecule has 2 fully saturated rings. The van der Waals surface area contributed by atoms with Gasteiger partial charge in [0.2, 0.25) is 11.9 Å². The predicted molar refractivity (Wildman–Crippen MR) is 172 cm³/mol. The molecule has 4 aromatic rings. The summed E-state index contributed by atoms with van der Waals surface area (Å²) in [5.74, 6) is -0.930. The Balaban J connectivity index is 0.000000191. The molecule has 0 unspecified atom stereocenters. The number of imidazole rings is 2. The number of nitrogen functional groups attached to an aromatic ring is 2. The third-order valence-corrected chi connectivity index (χ3v) is 8.96. The minimum Gasteiger partial charge on any atom is -0.466 e. The monoisotopic (exact) mass is 700 g/mol. The van der Waals surface area contributed by atoms with Crippen LogP contribution in [0.25, 0.3) is 22.3 Å². The smallest absolute Gasteiger partial charge is 0.302 e. The highest BCUT2D eigenvalue weighted by Crippen LogP contribution is 2.46. The predicted octanol–water partition coefficient (Wildman–Crippen LogP) is 2.08. The molecule has 4 aromatic heterocycles. The molecule has 0 radical (unpaired) electrons. The first-order chi connectivity index (χ1) is 23.3. The molecule has 6 atom stereocenters. The third-order valence-electron chi connectivity index (χ3n) is 8.69. The van der Waals surface area contributed by atoms with Crippen molar-refractivity contribution in [1.29, 1.82) is 0 Å².